The zero-order valence-corrected chi connectivity index (χ0v) is 21.4. The van der Waals surface area contributed by atoms with E-state index in [1.165, 1.54) is 30.6 Å². The van der Waals surface area contributed by atoms with Gasteiger partial charge in [-0.05, 0) is 71.1 Å². The van der Waals surface area contributed by atoms with Crippen molar-refractivity contribution in [2.75, 3.05) is 0 Å². The second-order valence-electron chi connectivity index (χ2n) is 10.1. The molecule has 4 rings (SSSR count). The highest BCUT2D eigenvalue weighted by Gasteiger charge is 2.46. The summed E-state index contributed by atoms with van der Waals surface area (Å²) in [6.45, 7) is 6.30. The number of benzene rings is 3. The van der Waals surface area contributed by atoms with Crippen molar-refractivity contribution in [2.45, 2.75) is 45.8 Å². The Morgan fingerprint density at radius 2 is 1.42 bits per heavy atom. The largest absolute Gasteiger partial charge is 0.419 e. The predicted molar refractivity (Wildman–Crippen MR) is 141 cm³/mol. The lowest BCUT2D eigenvalue weighted by atomic mass is 9.54. The lowest BCUT2D eigenvalue weighted by molar-refractivity contribution is -0.0565. The molecular weight excluding hydrogens is 479 g/mol. The zero-order valence-electron chi connectivity index (χ0n) is 20.7. The molecule has 0 radical (unpaired) electrons. The quantitative estimate of drug-likeness (QED) is 0.283. The highest BCUT2D eigenvalue weighted by atomic mass is 35.5. The van der Waals surface area contributed by atoms with Gasteiger partial charge in [0.2, 0.25) is 0 Å². The summed E-state index contributed by atoms with van der Waals surface area (Å²) in [6.07, 6.45) is 4.58. The second-order valence-corrected chi connectivity index (χ2v) is 10.5. The van der Waals surface area contributed by atoms with Gasteiger partial charge in [0, 0.05) is 5.02 Å². The Morgan fingerprint density at radius 1 is 0.861 bits per heavy atom. The van der Waals surface area contributed by atoms with Crippen molar-refractivity contribution in [2.24, 2.45) is 5.41 Å². The lowest BCUT2D eigenvalue weighted by Gasteiger charge is -2.47. The SMILES string of the molecule is CC(C)(C)C(CCc1ccc(Cl)cc1)(Cn1cncn1)OB(c1ccc(F)cc1)c1ccc(F)cc1. The first-order valence-electron chi connectivity index (χ1n) is 11.9. The number of hydrogen-bond donors (Lipinski definition) is 0. The zero-order chi connectivity index (χ0) is 25.8. The summed E-state index contributed by atoms with van der Waals surface area (Å²) < 4.78 is 36.5. The van der Waals surface area contributed by atoms with Gasteiger partial charge >= 0.3 is 6.92 Å². The fourth-order valence-electron chi connectivity index (χ4n) is 4.37. The van der Waals surface area contributed by atoms with Gasteiger partial charge in [-0.1, -0.05) is 68.8 Å². The molecule has 1 unspecified atom stereocenters. The van der Waals surface area contributed by atoms with Crippen LogP contribution >= 0.6 is 11.6 Å². The summed E-state index contributed by atoms with van der Waals surface area (Å²) in [6, 6.07) is 20.3. The van der Waals surface area contributed by atoms with Gasteiger partial charge in [0.05, 0.1) is 12.1 Å². The molecule has 1 atom stereocenters. The fraction of sp³-hybridized carbons (Fsp3) is 0.286. The van der Waals surface area contributed by atoms with Crippen LogP contribution in [0.25, 0.3) is 0 Å². The Kier molecular flexibility index (Phi) is 7.91. The maximum atomic E-state index is 13.8. The van der Waals surface area contributed by atoms with Crippen LogP contribution in [0.4, 0.5) is 8.78 Å². The van der Waals surface area contributed by atoms with Crippen molar-refractivity contribution in [1.82, 2.24) is 14.8 Å². The molecule has 8 heteroatoms. The van der Waals surface area contributed by atoms with Crippen LogP contribution in [0.5, 0.6) is 0 Å². The van der Waals surface area contributed by atoms with Crippen LogP contribution in [-0.2, 0) is 17.6 Å². The smallest absolute Gasteiger partial charge is 0.362 e. The molecule has 186 valence electrons. The van der Waals surface area contributed by atoms with E-state index >= 15 is 0 Å². The van der Waals surface area contributed by atoms with Crippen molar-refractivity contribution < 1.29 is 13.4 Å². The molecule has 1 aromatic heterocycles. The van der Waals surface area contributed by atoms with Crippen LogP contribution in [0.3, 0.4) is 0 Å². The summed E-state index contributed by atoms with van der Waals surface area (Å²) in [5, 5.41) is 5.05. The molecule has 0 saturated heterocycles. The predicted octanol–water partition coefficient (Wildman–Crippen LogP) is 5.45. The van der Waals surface area contributed by atoms with Crippen molar-refractivity contribution in [1.29, 1.82) is 0 Å². The normalized spacial score (nSPS) is 13.4. The number of rotatable bonds is 9. The van der Waals surface area contributed by atoms with Gasteiger partial charge in [-0.3, -0.25) is 4.68 Å². The molecular formula is C28H29BClF2N3O. The van der Waals surface area contributed by atoms with Crippen LogP contribution in [0.15, 0.2) is 85.5 Å². The number of hydrogen-bond acceptors (Lipinski definition) is 3. The Labute approximate surface area is 216 Å². The van der Waals surface area contributed by atoms with Crippen LogP contribution in [0.1, 0.15) is 32.8 Å². The molecule has 4 nitrogen and oxygen atoms in total. The summed E-state index contributed by atoms with van der Waals surface area (Å²) >= 11 is 6.10. The van der Waals surface area contributed by atoms with Crippen molar-refractivity contribution in [3.05, 3.63) is 108 Å². The first-order chi connectivity index (χ1) is 17.1. The second kappa shape index (κ2) is 10.9. The first-order valence-corrected chi connectivity index (χ1v) is 12.3. The summed E-state index contributed by atoms with van der Waals surface area (Å²) in [7, 11) is 0. The Hall–Kier alpha value is -3.03. The molecule has 0 saturated carbocycles. The van der Waals surface area contributed by atoms with E-state index in [2.05, 4.69) is 30.9 Å². The standard InChI is InChI=1S/C28H29BClF2N3O/c1-27(2,3)28(18-35-20-33-19-34-35,17-16-21-4-10-24(30)11-5-21)36-29(22-6-12-25(31)13-7-22)23-8-14-26(32)15-9-23/h4-15,19-20H,16-18H2,1-3H3. The van der Waals surface area contributed by atoms with Crippen LogP contribution in [0.2, 0.25) is 5.02 Å². The summed E-state index contributed by atoms with van der Waals surface area (Å²) in [4.78, 5) is 4.13. The average Bonchev–Trinajstić information content (AvgIpc) is 3.35. The van der Waals surface area contributed by atoms with Crippen LogP contribution < -0.4 is 10.9 Å². The Morgan fingerprint density at radius 3 is 1.89 bits per heavy atom. The highest BCUT2D eigenvalue weighted by Crippen LogP contribution is 2.40. The van der Waals surface area contributed by atoms with E-state index in [1.807, 2.05) is 24.3 Å². The van der Waals surface area contributed by atoms with E-state index in [9.17, 15) is 8.78 Å². The minimum absolute atomic E-state index is 0.330. The molecule has 4 aromatic rings. The molecule has 0 bridgehead atoms. The third kappa shape index (κ3) is 6.20. The van der Waals surface area contributed by atoms with Gasteiger partial charge in [0.25, 0.3) is 0 Å². The third-order valence-corrected chi connectivity index (χ3v) is 6.92. The van der Waals surface area contributed by atoms with E-state index in [1.54, 1.807) is 35.3 Å². The van der Waals surface area contributed by atoms with Gasteiger partial charge in [-0.25, -0.2) is 13.8 Å². The molecule has 1 heterocycles. The van der Waals surface area contributed by atoms with Crippen LogP contribution in [-0.4, -0.2) is 27.3 Å². The molecule has 0 N–H and O–H groups in total. The Balaban J connectivity index is 1.78. The van der Waals surface area contributed by atoms with Crippen molar-refractivity contribution >= 4 is 29.4 Å². The lowest BCUT2D eigenvalue weighted by Crippen LogP contribution is -2.58. The topological polar surface area (TPSA) is 39.9 Å². The molecule has 0 aliphatic heterocycles. The van der Waals surface area contributed by atoms with E-state index in [0.29, 0.717) is 18.0 Å². The van der Waals surface area contributed by atoms with Gasteiger partial charge in [0.1, 0.15) is 24.3 Å². The maximum Gasteiger partial charge on any atom is 0.362 e. The average molecular weight is 508 g/mol. The van der Waals surface area contributed by atoms with E-state index in [4.69, 9.17) is 16.3 Å². The molecule has 0 amide bonds. The van der Waals surface area contributed by atoms with E-state index < -0.39 is 12.5 Å². The molecule has 36 heavy (non-hydrogen) atoms. The first kappa shape index (κ1) is 26.0. The number of aromatic nitrogens is 3. The van der Waals surface area contributed by atoms with Gasteiger partial charge in [-0.15, -0.1) is 0 Å². The highest BCUT2D eigenvalue weighted by molar-refractivity contribution is 6.80. The molecule has 3 aromatic carbocycles. The van der Waals surface area contributed by atoms with Crippen molar-refractivity contribution in [3.8, 4) is 0 Å². The molecule has 0 aliphatic carbocycles. The van der Waals surface area contributed by atoms with Gasteiger partial charge in [-0.2, -0.15) is 5.10 Å². The van der Waals surface area contributed by atoms with E-state index in [0.717, 1.165) is 22.9 Å². The summed E-state index contributed by atoms with van der Waals surface area (Å²) in [5.41, 5.74) is 1.62. The molecule has 0 aliphatic rings. The monoisotopic (exact) mass is 507 g/mol. The minimum atomic E-state index is -0.728. The van der Waals surface area contributed by atoms with E-state index in [-0.39, 0.29) is 17.0 Å². The van der Waals surface area contributed by atoms with Gasteiger partial charge in [0.15, 0.2) is 0 Å². The van der Waals surface area contributed by atoms with Crippen LogP contribution in [0, 0.1) is 17.0 Å². The number of nitrogens with zero attached hydrogens (tertiary/aromatic N) is 3. The molecule has 0 spiro atoms. The summed E-state index contributed by atoms with van der Waals surface area (Å²) in [5.74, 6) is -0.659. The number of halogens is 3. The third-order valence-electron chi connectivity index (χ3n) is 6.67. The Bertz CT molecular complexity index is 1200. The maximum absolute atomic E-state index is 13.8. The number of aryl methyl sites for hydroxylation is 1. The fourth-order valence-corrected chi connectivity index (χ4v) is 4.49. The minimum Gasteiger partial charge on any atom is -0.419 e. The van der Waals surface area contributed by atoms with Gasteiger partial charge < -0.3 is 4.65 Å². The molecule has 0 fully saturated rings. The van der Waals surface area contributed by atoms with Crippen molar-refractivity contribution in [3.63, 3.8) is 0 Å².